The van der Waals surface area contributed by atoms with E-state index in [9.17, 15) is 13.2 Å². The second kappa shape index (κ2) is 6.37. The summed E-state index contributed by atoms with van der Waals surface area (Å²) >= 11 is 0. The summed E-state index contributed by atoms with van der Waals surface area (Å²) in [6, 6.07) is 8.45. The molecule has 0 N–H and O–H groups in total. The minimum atomic E-state index is -3.40. The van der Waals surface area contributed by atoms with Gasteiger partial charge in [-0.15, -0.1) is 0 Å². The molecular formula is C14H19NO4S. The van der Waals surface area contributed by atoms with Gasteiger partial charge in [0.1, 0.15) is 0 Å². The molecule has 1 aliphatic rings. The number of rotatable bonds is 4. The van der Waals surface area contributed by atoms with E-state index < -0.39 is 10.0 Å². The van der Waals surface area contributed by atoms with Crippen LogP contribution in [0.5, 0.6) is 0 Å². The van der Waals surface area contributed by atoms with Crippen molar-refractivity contribution in [3.8, 4) is 0 Å². The third kappa shape index (κ3) is 3.37. The number of carbonyl (C=O) groups excluding carboxylic acids is 1. The summed E-state index contributed by atoms with van der Waals surface area (Å²) in [7, 11) is -2.03. The van der Waals surface area contributed by atoms with Crippen LogP contribution in [0.2, 0.25) is 0 Å². The zero-order valence-electron chi connectivity index (χ0n) is 11.5. The van der Waals surface area contributed by atoms with Crippen LogP contribution in [0, 0.1) is 5.92 Å². The normalized spacial score (nSPS) is 17.9. The van der Waals surface area contributed by atoms with Crippen molar-refractivity contribution in [1.82, 2.24) is 4.31 Å². The molecule has 2 rings (SSSR count). The first kappa shape index (κ1) is 15.0. The number of benzene rings is 1. The van der Waals surface area contributed by atoms with E-state index in [1.165, 1.54) is 11.4 Å². The fourth-order valence-electron chi connectivity index (χ4n) is 2.41. The molecule has 1 fully saturated rings. The quantitative estimate of drug-likeness (QED) is 0.793. The number of hydrogen-bond donors (Lipinski definition) is 0. The molecule has 110 valence electrons. The van der Waals surface area contributed by atoms with Gasteiger partial charge in [0, 0.05) is 19.5 Å². The Labute approximate surface area is 119 Å². The van der Waals surface area contributed by atoms with Gasteiger partial charge >= 0.3 is 5.97 Å². The fourth-order valence-corrected chi connectivity index (χ4v) is 3.91. The third-order valence-electron chi connectivity index (χ3n) is 3.64. The van der Waals surface area contributed by atoms with Gasteiger partial charge in [-0.2, -0.15) is 4.31 Å². The Bertz CT molecular complexity index is 548. The van der Waals surface area contributed by atoms with Crippen LogP contribution < -0.4 is 0 Å². The lowest BCUT2D eigenvalue weighted by Gasteiger charge is -2.30. The molecule has 0 unspecified atom stereocenters. The van der Waals surface area contributed by atoms with Gasteiger partial charge in [-0.05, 0) is 30.9 Å². The van der Waals surface area contributed by atoms with Crippen molar-refractivity contribution < 1.29 is 17.9 Å². The third-order valence-corrected chi connectivity index (χ3v) is 5.55. The monoisotopic (exact) mass is 297 g/mol. The predicted molar refractivity (Wildman–Crippen MR) is 74.6 cm³/mol. The molecule has 20 heavy (non-hydrogen) atoms. The Hall–Kier alpha value is -1.40. The van der Waals surface area contributed by atoms with Crippen LogP contribution in [-0.2, 0) is 19.6 Å². The molecule has 1 heterocycles. The molecule has 0 saturated carbocycles. The summed E-state index contributed by atoms with van der Waals surface area (Å²) in [5.74, 6) is -0.0148. The molecule has 1 saturated heterocycles. The largest absolute Gasteiger partial charge is 0.469 e. The molecule has 1 aliphatic heterocycles. The van der Waals surface area contributed by atoms with Gasteiger partial charge in [0.2, 0.25) is 10.0 Å². The Morgan fingerprint density at radius 2 is 1.85 bits per heavy atom. The number of hydrogen-bond acceptors (Lipinski definition) is 4. The molecule has 6 heteroatoms. The predicted octanol–water partition coefficient (Wildman–Crippen LogP) is 1.65. The van der Waals surface area contributed by atoms with E-state index in [0.29, 0.717) is 37.2 Å². The van der Waals surface area contributed by atoms with Gasteiger partial charge in [0.15, 0.2) is 0 Å². The summed E-state index contributed by atoms with van der Waals surface area (Å²) in [5.41, 5.74) is 0. The molecule has 0 spiro atoms. The van der Waals surface area contributed by atoms with Crippen molar-refractivity contribution in [2.24, 2.45) is 5.92 Å². The molecule has 1 aromatic rings. The molecule has 1 aromatic carbocycles. The number of carbonyl (C=O) groups is 1. The molecular weight excluding hydrogens is 278 g/mol. The number of methoxy groups -OCH3 is 1. The highest BCUT2D eigenvalue weighted by Gasteiger charge is 2.30. The van der Waals surface area contributed by atoms with Gasteiger partial charge < -0.3 is 4.74 Å². The topological polar surface area (TPSA) is 63.7 Å². The minimum Gasteiger partial charge on any atom is -0.469 e. The van der Waals surface area contributed by atoms with Crippen LogP contribution >= 0.6 is 0 Å². The summed E-state index contributed by atoms with van der Waals surface area (Å²) < 4.78 is 31.0. The fraction of sp³-hybridized carbons (Fsp3) is 0.500. The summed E-state index contributed by atoms with van der Waals surface area (Å²) in [4.78, 5) is 11.6. The lowest BCUT2D eigenvalue weighted by Crippen LogP contribution is -2.38. The van der Waals surface area contributed by atoms with Crippen LogP contribution in [0.15, 0.2) is 35.2 Å². The van der Waals surface area contributed by atoms with Gasteiger partial charge in [-0.3, -0.25) is 4.79 Å². The first-order chi connectivity index (χ1) is 9.54. The molecule has 5 nitrogen and oxygen atoms in total. The number of esters is 1. The van der Waals surface area contributed by atoms with Crippen molar-refractivity contribution in [1.29, 1.82) is 0 Å². The minimum absolute atomic E-state index is 0.213. The Kier molecular flexibility index (Phi) is 4.77. The van der Waals surface area contributed by atoms with E-state index in [-0.39, 0.29) is 11.9 Å². The number of ether oxygens (including phenoxy) is 1. The Morgan fingerprint density at radius 1 is 1.25 bits per heavy atom. The average molecular weight is 297 g/mol. The van der Waals surface area contributed by atoms with Crippen LogP contribution in [0.1, 0.15) is 19.3 Å². The molecule has 0 atom stereocenters. The van der Waals surface area contributed by atoms with Crippen molar-refractivity contribution >= 4 is 16.0 Å². The SMILES string of the molecule is COC(=O)CC1CCN(S(=O)(=O)c2ccccc2)CC1. The van der Waals surface area contributed by atoms with Crippen LogP contribution in [0.25, 0.3) is 0 Å². The maximum atomic E-state index is 12.4. The maximum absolute atomic E-state index is 12.4. The highest BCUT2D eigenvalue weighted by atomic mass is 32.2. The van der Waals surface area contributed by atoms with E-state index >= 15 is 0 Å². The van der Waals surface area contributed by atoms with Gasteiger partial charge in [0.25, 0.3) is 0 Å². The second-order valence-corrected chi connectivity index (χ2v) is 6.88. The van der Waals surface area contributed by atoms with E-state index in [0.717, 1.165) is 0 Å². The summed E-state index contributed by atoms with van der Waals surface area (Å²) in [5, 5.41) is 0. The number of sulfonamides is 1. The van der Waals surface area contributed by atoms with Crippen LogP contribution in [0.4, 0.5) is 0 Å². The van der Waals surface area contributed by atoms with Crippen molar-refractivity contribution in [2.45, 2.75) is 24.2 Å². The van der Waals surface area contributed by atoms with Crippen molar-refractivity contribution in [3.63, 3.8) is 0 Å². The van der Waals surface area contributed by atoms with Gasteiger partial charge in [-0.1, -0.05) is 18.2 Å². The molecule has 0 bridgehead atoms. The lowest BCUT2D eigenvalue weighted by molar-refractivity contribution is -0.142. The second-order valence-electron chi connectivity index (χ2n) is 4.94. The zero-order chi connectivity index (χ0) is 14.6. The van der Waals surface area contributed by atoms with E-state index in [2.05, 4.69) is 4.74 Å². The average Bonchev–Trinajstić information content (AvgIpc) is 2.48. The Balaban J connectivity index is 1.99. The van der Waals surface area contributed by atoms with Crippen molar-refractivity contribution in [3.05, 3.63) is 30.3 Å². The molecule has 0 aromatic heterocycles. The number of piperidine rings is 1. The lowest BCUT2D eigenvalue weighted by atomic mass is 9.95. The Morgan fingerprint density at radius 3 is 2.40 bits per heavy atom. The molecule has 0 radical (unpaired) electrons. The van der Waals surface area contributed by atoms with E-state index in [1.54, 1.807) is 30.3 Å². The zero-order valence-corrected chi connectivity index (χ0v) is 12.3. The molecule has 0 amide bonds. The highest BCUT2D eigenvalue weighted by Crippen LogP contribution is 2.25. The highest BCUT2D eigenvalue weighted by molar-refractivity contribution is 7.89. The van der Waals surface area contributed by atoms with E-state index in [4.69, 9.17) is 0 Å². The standard InChI is InChI=1S/C14H19NO4S/c1-19-14(16)11-12-7-9-15(10-8-12)20(17,18)13-5-3-2-4-6-13/h2-6,12H,7-11H2,1H3. The smallest absolute Gasteiger partial charge is 0.305 e. The van der Waals surface area contributed by atoms with Gasteiger partial charge in [0.05, 0.1) is 12.0 Å². The van der Waals surface area contributed by atoms with Gasteiger partial charge in [-0.25, -0.2) is 8.42 Å². The number of nitrogens with zero attached hydrogens (tertiary/aromatic N) is 1. The summed E-state index contributed by atoms with van der Waals surface area (Å²) in [6.45, 7) is 0.914. The molecule has 0 aliphatic carbocycles. The first-order valence-corrected chi connectivity index (χ1v) is 8.10. The van der Waals surface area contributed by atoms with Crippen molar-refractivity contribution in [2.75, 3.05) is 20.2 Å². The van der Waals surface area contributed by atoms with E-state index in [1.807, 2.05) is 0 Å². The van der Waals surface area contributed by atoms with Crippen LogP contribution in [-0.4, -0.2) is 38.9 Å². The maximum Gasteiger partial charge on any atom is 0.305 e. The first-order valence-electron chi connectivity index (χ1n) is 6.66. The summed E-state index contributed by atoms with van der Waals surface area (Å²) in [6.07, 6.45) is 1.76. The van der Waals surface area contributed by atoms with Crippen LogP contribution in [0.3, 0.4) is 0 Å².